The maximum absolute atomic E-state index is 12.4. The normalized spacial score (nSPS) is 29.3. The molecule has 0 aromatic heterocycles. The second-order valence-electron chi connectivity index (χ2n) is 5.72. The van der Waals surface area contributed by atoms with Gasteiger partial charge in [0.25, 0.3) is 5.91 Å². The molecular weight excluding hydrogens is 256 g/mol. The van der Waals surface area contributed by atoms with Gasteiger partial charge in [0.1, 0.15) is 0 Å². The van der Waals surface area contributed by atoms with Crippen molar-refractivity contribution >= 4 is 18.5 Å². The summed E-state index contributed by atoms with van der Waals surface area (Å²) in [6.45, 7) is 5.37. The summed E-state index contributed by atoms with van der Waals surface area (Å²) in [5.74, 6) is 0.709. The molecule has 102 valence electrons. The van der Waals surface area contributed by atoms with E-state index in [4.69, 9.17) is 0 Å². The van der Waals surface area contributed by atoms with E-state index in [0.29, 0.717) is 12.0 Å². The van der Waals surface area contributed by atoms with Gasteiger partial charge in [-0.3, -0.25) is 4.79 Å². The van der Waals surface area contributed by atoms with Crippen LogP contribution in [-0.4, -0.2) is 36.5 Å². The summed E-state index contributed by atoms with van der Waals surface area (Å²) in [6, 6.07) is 6.05. The summed E-state index contributed by atoms with van der Waals surface area (Å²) < 4.78 is 0. The summed E-state index contributed by atoms with van der Waals surface area (Å²) in [5.41, 5.74) is 1.76. The number of thiol groups is 1. The molecule has 1 amide bonds. The highest BCUT2D eigenvalue weighted by Crippen LogP contribution is 2.27. The van der Waals surface area contributed by atoms with E-state index in [9.17, 15) is 4.79 Å². The number of hydrogen-bond donors (Lipinski definition) is 2. The van der Waals surface area contributed by atoms with Crippen LogP contribution in [0.5, 0.6) is 0 Å². The van der Waals surface area contributed by atoms with Gasteiger partial charge < -0.3 is 10.2 Å². The third-order valence-corrected chi connectivity index (χ3v) is 4.72. The first-order chi connectivity index (χ1) is 9.13. The van der Waals surface area contributed by atoms with E-state index in [1.807, 2.05) is 25.1 Å². The van der Waals surface area contributed by atoms with Crippen LogP contribution in [0.1, 0.15) is 28.8 Å². The van der Waals surface area contributed by atoms with Crippen LogP contribution in [0, 0.1) is 12.8 Å². The quantitative estimate of drug-likeness (QED) is 0.811. The minimum absolute atomic E-state index is 0.0483. The monoisotopic (exact) mass is 276 g/mol. The molecule has 2 bridgehead atoms. The van der Waals surface area contributed by atoms with Gasteiger partial charge in [-0.05, 0) is 56.5 Å². The highest BCUT2D eigenvalue weighted by atomic mass is 32.1. The van der Waals surface area contributed by atoms with E-state index in [1.54, 1.807) is 0 Å². The van der Waals surface area contributed by atoms with Gasteiger partial charge >= 0.3 is 0 Å². The Morgan fingerprint density at radius 3 is 2.74 bits per heavy atom. The van der Waals surface area contributed by atoms with Crippen molar-refractivity contribution < 1.29 is 4.79 Å². The van der Waals surface area contributed by atoms with E-state index in [-0.39, 0.29) is 5.91 Å². The van der Waals surface area contributed by atoms with Gasteiger partial charge in [0.2, 0.25) is 0 Å². The molecule has 0 aliphatic carbocycles. The number of benzene rings is 1. The Morgan fingerprint density at radius 2 is 2.11 bits per heavy atom. The minimum atomic E-state index is 0.0483. The van der Waals surface area contributed by atoms with Gasteiger partial charge in [-0.2, -0.15) is 0 Å². The van der Waals surface area contributed by atoms with Gasteiger partial charge in [0, 0.05) is 23.0 Å². The summed E-state index contributed by atoms with van der Waals surface area (Å²) in [4.78, 5) is 15.7. The molecule has 3 aliphatic heterocycles. The lowest BCUT2D eigenvalue weighted by Crippen LogP contribution is -2.57. The van der Waals surface area contributed by atoms with Crippen LogP contribution >= 0.6 is 12.6 Å². The fourth-order valence-corrected chi connectivity index (χ4v) is 3.43. The third kappa shape index (κ3) is 2.65. The van der Waals surface area contributed by atoms with Crippen molar-refractivity contribution in [1.82, 2.24) is 10.2 Å². The molecule has 1 N–H and O–H groups in total. The molecule has 1 aromatic carbocycles. The van der Waals surface area contributed by atoms with Crippen LogP contribution in [0.3, 0.4) is 0 Å². The fourth-order valence-electron chi connectivity index (χ4n) is 3.23. The van der Waals surface area contributed by atoms with Gasteiger partial charge in [0.05, 0.1) is 0 Å². The average Bonchev–Trinajstić information content (AvgIpc) is 2.43. The fraction of sp³-hybridized carbons (Fsp3) is 0.533. The molecule has 4 rings (SSSR count). The average molecular weight is 276 g/mol. The van der Waals surface area contributed by atoms with Crippen molar-refractivity contribution in [3.05, 3.63) is 29.3 Å². The Kier molecular flexibility index (Phi) is 3.54. The Hall–Kier alpha value is -1.00. The van der Waals surface area contributed by atoms with Gasteiger partial charge in [-0.1, -0.05) is 6.07 Å². The Labute approximate surface area is 119 Å². The van der Waals surface area contributed by atoms with Gasteiger partial charge in [0.15, 0.2) is 0 Å². The lowest BCUT2D eigenvalue weighted by molar-refractivity contribution is 0.0620. The number of aryl methyl sites for hydroxylation is 1. The molecular formula is C15H20N2OS. The van der Waals surface area contributed by atoms with E-state index >= 15 is 0 Å². The summed E-state index contributed by atoms with van der Waals surface area (Å²) in [5, 5.41) is 3.22. The molecule has 3 heterocycles. The zero-order chi connectivity index (χ0) is 13.4. The molecule has 0 radical (unpaired) electrons. The van der Waals surface area contributed by atoms with Crippen molar-refractivity contribution in [2.24, 2.45) is 5.92 Å². The number of carbonyl (C=O) groups is 1. The molecule has 0 spiro atoms. The van der Waals surface area contributed by atoms with Crippen molar-refractivity contribution in [3.8, 4) is 0 Å². The first-order valence-electron chi connectivity index (χ1n) is 6.96. The lowest BCUT2D eigenvalue weighted by Gasteiger charge is -2.45. The Morgan fingerprint density at radius 1 is 1.37 bits per heavy atom. The molecule has 1 atom stereocenters. The largest absolute Gasteiger partial charge is 0.348 e. The van der Waals surface area contributed by atoms with Crippen molar-refractivity contribution in [1.29, 1.82) is 0 Å². The molecule has 0 saturated carbocycles. The predicted molar refractivity (Wildman–Crippen MR) is 78.8 cm³/mol. The van der Waals surface area contributed by atoms with Crippen LogP contribution in [0.25, 0.3) is 0 Å². The highest BCUT2D eigenvalue weighted by Gasteiger charge is 2.35. The first kappa shape index (κ1) is 13.0. The number of carbonyl (C=O) groups excluding carboxylic acids is 1. The topological polar surface area (TPSA) is 32.3 Å². The SMILES string of the molecule is Cc1ccc(S)cc1C(=O)NC1CN2CCC1CC2. The van der Waals surface area contributed by atoms with E-state index in [0.717, 1.165) is 22.6 Å². The number of amides is 1. The molecule has 3 aliphatic rings. The molecule has 1 aromatic rings. The van der Waals surface area contributed by atoms with Crippen molar-refractivity contribution in [2.75, 3.05) is 19.6 Å². The predicted octanol–water partition coefficient (Wildman–Crippen LogP) is 2.11. The van der Waals surface area contributed by atoms with Crippen LogP contribution in [-0.2, 0) is 0 Å². The third-order valence-electron chi connectivity index (χ3n) is 4.44. The van der Waals surface area contributed by atoms with E-state index in [2.05, 4.69) is 22.8 Å². The summed E-state index contributed by atoms with van der Waals surface area (Å²) >= 11 is 4.32. The molecule has 3 fully saturated rings. The van der Waals surface area contributed by atoms with Crippen LogP contribution in [0.15, 0.2) is 23.1 Å². The number of nitrogens with zero attached hydrogens (tertiary/aromatic N) is 1. The smallest absolute Gasteiger partial charge is 0.251 e. The first-order valence-corrected chi connectivity index (χ1v) is 7.41. The molecule has 3 nitrogen and oxygen atoms in total. The van der Waals surface area contributed by atoms with Crippen LogP contribution < -0.4 is 5.32 Å². The van der Waals surface area contributed by atoms with Crippen LogP contribution in [0.4, 0.5) is 0 Å². The zero-order valence-electron chi connectivity index (χ0n) is 11.2. The van der Waals surface area contributed by atoms with Crippen LogP contribution in [0.2, 0.25) is 0 Å². The molecule has 19 heavy (non-hydrogen) atoms. The second-order valence-corrected chi connectivity index (χ2v) is 6.23. The minimum Gasteiger partial charge on any atom is -0.348 e. The van der Waals surface area contributed by atoms with E-state index < -0.39 is 0 Å². The zero-order valence-corrected chi connectivity index (χ0v) is 12.1. The number of fused-ring (bicyclic) bond motifs is 3. The highest BCUT2D eigenvalue weighted by molar-refractivity contribution is 7.80. The van der Waals surface area contributed by atoms with Crippen molar-refractivity contribution in [2.45, 2.75) is 30.7 Å². The number of piperidine rings is 3. The maximum atomic E-state index is 12.4. The summed E-state index contributed by atoms with van der Waals surface area (Å²) in [7, 11) is 0. The number of nitrogens with one attached hydrogen (secondary N) is 1. The Bertz CT molecular complexity index is 495. The lowest BCUT2D eigenvalue weighted by atomic mass is 9.84. The number of rotatable bonds is 2. The molecule has 3 saturated heterocycles. The molecule has 1 unspecified atom stereocenters. The molecule has 4 heteroatoms. The number of hydrogen-bond acceptors (Lipinski definition) is 3. The Balaban J connectivity index is 1.73. The van der Waals surface area contributed by atoms with Crippen molar-refractivity contribution in [3.63, 3.8) is 0 Å². The van der Waals surface area contributed by atoms with Gasteiger partial charge in [-0.25, -0.2) is 0 Å². The maximum Gasteiger partial charge on any atom is 0.251 e. The van der Waals surface area contributed by atoms with E-state index in [1.165, 1.54) is 25.9 Å². The standard InChI is InChI=1S/C15H20N2OS/c1-10-2-3-12(19)8-13(10)15(18)16-14-9-17-6-4-11(14)5-7-17/h2-3,8,11,14,19H,4-7,9H2,1H3,(H,16,18). The van der Waals surface area contributed by atoms with Gasteiger partial charge in [-0.15, -0.1) is 12.6 Å². The summed E-state index contributed by atoms with van der Waals surface area (Å²) in [6.07, 6.45) is 2.44. The second kappa shape index (κ2) is 5.17.